The van der Waals surface area contributed by atoms with E-state index in [-0.39, 0.29) is 19.1 Å². The molecule has 0 bridgehead atoms. The molecule has 0 saturated heterocycles. The summed E-state index contributed by atoms with van der Waals surface area (Å²) in [6.07, 6.45) is 0. The molecule has 0 aliphatic heterocycles. The van der Waals surface area contributed by atoms with Crippen LogP contribution in [0, 0.1) is 0 Å². The summed E-state index contributed by atoms with van der Waals surface area (Å²) >= 11 is 1.49. The van der Waals surface area contributed by atoms with Crippen molar-refractivity contribution >= 4 is 23.3 Å². The number of carboxylic acid groups (broad SMARTS) is 2. The lowest BCUT2D eigenvalue weighted by Gasteiger charge is -2.24. The van der Waals surface area contributed by atoms with Gasteiger partial charge in [0.25, 0.3) is 0 Å². The molecule has 2 N–H and O–H groups in total. The molecule has 0 saturated carbocycles. The maximum atomic E-state index is 10.6. The zero-order valence-corrected chi connectivity index (χ0v) is 9.61. The van der Waals surface area contributed by atoms with E-state index in [1.165, 1.54) is 16.2 Å². The van der Waals surface area contributed by atoms with Crippen molar-refractivity contribution in [3.05, 3.63) is 22.4 Å². The van der Waals surface area contributed by atoms with E-state index in [1.54, 1.807) is 6.92 Å². The molecule has 0 spiro atoms. The van der Waals surface area contributed by atoms with Crippen LogP contribution in [0.2, 0.25) is 0 Å². The highest BCUT2D eigenvalue weighted by Gasteiger charge is 2.21. The van der Waals surface area contributed by atoms with E-state index < -0.39 is 11.9 Å². The van der Waals surface area contributed by atoms with E-state index in [2.05, 4.69) is 0 Å². The summed E-state index contributed by atoms with van der Waals surface area (Å²) in [7, 11) is 0. The molecule has 0 aliphatic carbocycles. The quantitative estimate of drug-likeness (QED) is 0.787. The Balaban J connectivity index is 2.75. The topological polar surface area (TPSA) is 77.8 Å². The number of thiophene rings is 1. The molecule has 1 unspecified atom stereocenters. The second-order valence-corrected chi connectivity index (χ2v) is 4.36. The molecule has 6 heteroatoms. The molecule has 1 heterocycles. The molecule has 88 valence electrons. The number of rotatable bonds is 6. The van der Waals surface area contributed by atoms with Gasteiger partial charge in [0, 0.05) is 10.9 Å². The largest absolute Gasteiger partial charge is 0.480 e. The van der Waals surface area contributed by atoms with Gasteiger partial charge in [-0.3, -0.25) is 14.5 Å². The SMILES string of the molecule is CC(c1cccs1)N(CC(=O)O)CC(=O)O. The molecular formula is C10H13NO4S. The Morgan fingerprint density at radius 1 is 1.38 bits per heavy atom. The van der Waals surface area contributed by atoms with Crippen LogP contribution in [0.3, 0.4) is 0 Å². The summed E-state index contributed by atoms with van der Waals surface area (Å²) in [5, 5.41) is 19.3. The maximum Gasteiger partial charge on any atom is 0.317 e. The van der Waals surface area contributed by atoms with Crippen LogP contribution in [0.1, 0.15) is 17.8 Å². The van der Waals surface area contributed by atoms with Gasteiger partial charge < -0.3 is 10.2 Å². The standard InChI is InChI=1S/C10H13NO4S/c1-7(8-3-2-4-16-8)11(5-9(12)13)6-10(14)15/h2-4,7H,5-6H2,1H3,(H,12,13)(H,14,15). The summed E-state index contributed by atoms with van der Waals surface area (Å²) in [5.41, 5.74) is 0. The van der Waals surface area contributed by atoms with Gasteiger partial charge in [-0.2, -0.15) is 0 Å². The fourth-order valence-electron chi connectivity index (χ4n) is 1.39. The van der Waals surface area contributed by atoms with Gasteiger partial charge in [0.05, 0.1) is 13.1 Å². The van der Waals surface area contributed by atoms with Gasteiger partial charge in [-0.1, -0.05) is 6.07 Å². The first-order valence-corrected chi connectivity index (χ1v) is 5.59. The molecule has 1 atom stereocenters. The average molecular weight is 243 g/mol. The minimum Gasteiger partial charge on any atom is -0.480 e. The molecule has 5 nitrogen and oxygen atoms in total. The number of carboxylic acids is 2. The van der Waals surface area contributed by atoms with Crippen molar-refractivity contribution in [1.82, 2.24) is 4.90 Å². The number of aliphatic carboxylic acids is 2. The zero-order chi connectivity index (χ0) is 12.1. The third-order valence-corrected chi connectivity index (χ3v) is 3.22. The van der Waals surface area contributed by atoms with Crippen molar-refractivity contribution in [1.29, 1.82) is 0 Å². The van der Waals surface area contributed by atoms with Crippen LogP contribution >= 0.6 is 11.3 Å². The van der Waals surface area contributed by atoms with Crippen molar-refractivity contribution in [2.24, 2.45) is 0 Å². The fourth-order valence-corrected chi connectivity index (χ4v) is 2.20. The molecule has 1 aromatic heterocycles. The molecular weight excluding hydrogens is 230 g/mol. The number of nitrogens with zero attached hydrogens (tertiary/aromatic N) is 1. The smallest absolute Gasteiger partial charge is 0.317 e. The Morgan fingerprint density at radius 2 is 1.94 bits per heavy atom. The number of hydrogen-bond acceptors (Lipinski definition) is 4. The van der Waals surface area contributed by atoms with E-state index in [0.717, 1.165) is 4.88 Å². The maximum absolute atomic E-state index is 10.6. The number of hydrogen-bond donors (Lipinski definition) is 2. The fraction of sp³-hybridized carbons (Fsp3) is 0.400. The van der Waals surface area contributed by atoms with Gasteiger partial charge in [0.2, 0.25) is 0 Å². The lowest BCUT2D eigenvalue weighted by atomic mass is 10.2. The van der Waals surface area contributed by atoms with Gasteiger partial charge in [-0.05, 0) is 18.4 Å². The minimum atomic E-state index is -1.02. The highest BCUT2D eigenvalue weighted by molar-refractivity contribution is 7.10. The lowest BCUT2D eigenvalue weighted by Crippen LogP contribution is -2.36. The van der Waals surface area contributed by atoms with Gasteiger partial charge in [-0.25, -0.2) is 0 Å². The minimum absolute atomic E-state index is 0.202. The lowest BCUT2D eigenvalue weighted by molar-refractivity contribution is -0.142. The third-order valence-electron chi connectivity index (χ3n) is 2.18. The molecule has 0 aliphatic rings. The normalized spacial score (nSPS) is 12.6. The molecule has 0 aromatic carbocycles. The van der Waals surface area contributed by atoms with Crippen LogP contribution in [0.5, 0.6) is 0 Å². The monoisotopic (exact) mass is 243 g/mol. The Morgan fingerprint density at radius 3 is 2.31 bits per heavy atom. The van der Waals surface area contributed by atoms with Crippen LogP contribution in [0.4, 0.5) is 0 Å². The summed E-state index contributed by atoms with van der Waals surface area (Å²) in [6.45, 7) is 1.26. The Hall–Kier alpha value is -1.40. The van der Waals surface area contributed by atoms with Crippen LogP contribution in [0.25, 0.3) is 0 Å². The van der Waals surface area contributed by atoms with Gasteiger partial charge in [0.1, 0.15) is 0 Å². The van der Waals surface area contributed by atoms with Crippen LogP contribution in [0.15, 0.2) is 17.5 Å². The predicted octanol–water partition coefficient (Wildman–Crippen LogP) is 1.28. The average Bonchev–Trinajstić information content (AvgIpc) is 2.66. The first kappa shape index (κ1) is 12.7. The highest BCUT2D eigenvalue weighted by Crippen LogP contribution is 2.23. The summed E-state index contributed by atoms with van der Waals surface area (Å²) in [4.78, 5) is 23.6. The highest BCUT2D eigenvalue weighted by atomic mass is 32.1. The second-order valence-electron chi connectivity index (χ2n) is 3.38. The van der Waals surface area contributed by atoms with Gasteiger partial charge >= 0.3 is 11.9 Å². The van der Waals surface area contributed by atoms with Gasteiger partial charge in [-0.15, -0.1) is 11.3 Å². The Bertz CT molecular complexity index is 347. The summed E-state index contributed by atoms with van der Waals surface area (Å²) in [6, 6.07) is 3.52. The summed E-state index contributed by atoms with van der Waals surface area (Å²) in [5.74, 6) is -2.05. The molecule has 0 radical (unpaired) electrons. The van der Waals surface area contributed by atoms with E-state index in [1.807, 2.05) is 17.5 Å². The first-order chi connectivity index (χ1) is 7.50. The molecule has 0 amide bonds. The van der Waals surface area contributed by atoms with Crippen LogP contribution in [-0.4, -0.2) is 40.1 Å². The molecule has 0 fully saturated rings. The van der Waals surface area contributed by atoms with Crippen molar-refractivity contribution in [2.45, 2.75) is 13.0 Å². The van der Waals surface area contributed by atoms with E-state index in [4.69, 9.17) is 10.2 Å². The van der Waals surface area contributed by atoms with Crippen molar-refractivity contribution in [2.75, 3.05) is 13.1 Å². The van der Waals surface area contributed by atoms with E-state index in [0.29, 0.717) is 0 Å². The van der Waals surface area contributed by atoms with E-state index >= 15 is 0 Å². The summed E-state index contributed by atoms with van der Waals surface area (Å²) < 4.78 is 0. The predicted molar refractivity (Wildman–Crippen MR) is 59.6 cm³/mol. The van der Waals surface area contributed by atoms with E-state index in [9.17, 15) is 9.59 Å². The van der Waals surface area contributed by atoms with Crippen molar-refractivity contribution in [3.8, 4) is 0 Å². The van der Waals surface area contributed by atoms with Crippen LogP contribution < -0.4 is 0 Å². The van der Waals surface area contributed by atoms with Crippen molar-refractivity contribution < 1.29 is 19.8 Å². The first-order valence-electron chi connectivity index (χ1n) is 4.71. The number of carbonyl (C=O) groups is 2. The molecule has 16 heavy (non-hydrogen) atoms. The zero-order valence-electron chi connectivity index (χ0n) is 8.79. The third kappa shape index (κ3) is 3.63. The van der Waals surface area contributed by atoms with Crippen LogP contribution in [-0.2, 0) is 9.59 Å². The Kier molecular flexibility index (Phi) is 4.45. The van der Waals surface area contributed by atoms with Gasteiger partial charge in [0.15, 0.2) is 0 Å². The Labute approximate surface area is 96.9 Å². The molecule has 1 rings (SSSR count). The van der Waals surface area contributed by atoms with Crippen molar-refractivity contribution in [3.63, 3.8) is 0 Å². The molecule has 1 aromatic rings. The second kappa shape index (κ2) is 5.62.